The maximum absolute atomic E-state index is 11.8. The van der Waals surface area contributed by atoms with Crippen LogP contribution in [0.4, 0.5) is 4.79 Å². The van der Waals surface area contributed by atoms with Gasteiger partial charge in [0.25, 0.3) is 5.91 Å². The quantitative estimate of drug-likeness (QED) is 0.540. The first-order valence-corrected chi connectivity index (χ1v) is 8.50. The molecule has 2 aromatic carbocycles. The monoisotopic (exact) mass is 429 g/mol. The number of carbonyl (C=O) groups excluding carboxylic acids is 2. The number of nitrogens with one attached hydrogen (secondary N) is 1. The third-order valence-electron chi connectivity index (χ3n) is 3.42. The number of nitrogens with two attached hydrogens (primary N) is 1. The van der Waals surface area contributed by atoms with Gasteiger partial charge in [0.15, 0.2) is 11.5 Å². The molecule has 0 aromatic heterocycles. The van der Waals surface area contributed by atoms with Crippen LogP contribution in [0.1, 0.15) is 11.1 Å². The van der Waals surface area contributed by atoms with E-state index in [-0.39, 0.29) is 5.57 Å². The molecule has 8 heteroatoms. The zero-order valence-corrected chi connectivity index (χ0v) is 15.9. The molecule has 3 N–H and O–H groups in total. The van der Waals surface area contributed by atoms with E-state index in [4.69, 9.17) is 20.5 Å². The first-order valence-electron chi connectivity index (χ1n) is 7.71. The largest absolute Gasteiger partial charge is 0.493 e. The van der Waals surface area contributed by atoms with Crippen LogP contribution in [-0.4, -0.2) is 19.0 Å². The first-order chi connectivity index (χ1) is 12.9. The second kappa shape index (κ2) is 9.40. The third-order valence-corrected chi connectivity index (χ3v) is 4.11. The maximum atomic E-state index is 11.8. The van der Waals surface area contributed by atoms with E-state index in [1.165, 1.54) is 13.2 Å². The van der Waals surface area contributed by atoms with Crippen molar-refractivity contribution in [2.24, 2.45) is 5.73 Å². The summed E-state index contributed by atoms with van der Waals surface area (Å²) in [5, 5.41) is 11.0. The smallest absolute Gasteiger partial charge is 0.319 e. The van der Waals surface area contributed by atoms with E-state index in [1.807, 2.05) is 35.6 Å². The van der Waals surface area contributed by atoms with Crippen molar-refractivity contribution in [2.75, 3.05) is 7.11 Å². The van der Waals surface area contributed by atoms with E-state index in [1.54, 1.807) is 18.2 Å². The number of urea groups is 1. The molecule has 2 rings (SSSR count). The second-order valence-corrected chi connectivity index (χ2v) is 6.14. The van der Waals surface area contributed by atoms with Crippen molar-refractivity contribution in [2.45, 2.75) is 6.61 Å². The summed E-state index contributed by atoms with van der Waals surface area (Å²) in [6, 6.07) is 13.6. The summed E-state index contributed by atoms with van der Waals surface area (Å²) < 4.78 is 11.7. The minimum Gasteiger partial charge on any atom is -0.493 e. The molecule has 0 aliphatic rings. The normalized spacial score (nSPS) is 10.6. The summed E-state index contributed by atoms with van der Waals surface area (Å²) in [5.74, 6) is 0.0266. The maximum Gasteiger partial charge on any atom is 0.319 e. The van der Waals surface area contributed by atoms with Crippen LogP contribution < -0.4 is 20.5 Å². The topological polar surface area (TPSA) is 114 Å². The average molecular weight is 430 g/mol. The van der Waals surface area contributed by atoms with Gasteiger partial charge in [-0.05, 0) is 29.3 Å². The first kappa shape index (κ1) is 20.0. The number of halogens is 1. The number of nitrogens with zero attached hydrogens (tertiary/aromatic N) is 1. The summed E-state index contributed by atoms with van der Waals surface area (Å²) in [5.41, 5.74) is 6.11. The standard InChI is InChI=1S/C19H16BrN3O4/c1-26-16-8-13(7-14(10-21)18(24)23-19(22)25)15(20)9-17(16)27-11-12-5-3-2-4-6-12/h2-9H,11H2,1H3,(H3,22,23,24,25)/b14-7-. The van der Waals surface area contributed by atoms with Gasteiger partial charge in [-0.25, -0.2) is 4.79 Å². The summed E-state index contributed by atoms with van der Waals surface area (Å²) in [6.07, 6.45) is 1.31. The molecule has 138 valence electrons. The van der Waals surface area contributed by atoms with Gasteiger partial charge in [-0.2, -0.15) is 5.26 Å². The van der Waals surface area contributed by atoms with Gasteiger partial charge >= 0.3 is 6.03 Å². The number of amides is 3. The second-order valence-electron chi connectivity index (χ2n) is 5.29. The van der Waals surface area contributed by atoms with E-state index >= 15 is 0 Å². The Kier molecular flexibility index (Phi) is 6.97. The number of ether oxygens (including phenoxy) is 2. The molecular weight excluding hydrogens is 414 g/mol. The summed E-state index contributed by atoms with van der Waals surface area (Å²) in [4.78, 5) is 22.6. The molecule has 0 saturated heterocycles. The molecule has 0 spiro atoms. The minimum atomic E-state index is -1.04. The number of benzene rings is 2. The van der Waals surface area contributed by atoms with Crippen LogP contribution in [0.3, 0.4) is 0 Å². The molecule has 7 nitrogen and oxygen atoms in total. The zero-order chi connectivity index (χ0) is 19.8. The summed E-state index contributed by atoms with van der Waals surface area (Å²) in [7, 11) is 1.48. The number of primary amides is 1. The van der Waals surface area contributed by atoms with Gasteiger partial charge in [-0.15, -0.1) is 0 Å². The number of methoxy groups -OCH3 is 1. The molecule has 0 radical (unpaired) electrons. The van der Waals surface area contributed by atoms with Gasteiger partial charge < -0.3 is 15.2 Å². The van der Waals surface area contributed by atoms with Crippen molar-refractivity contribution in [3.05, 3.63) is 63.6 Å². The van der Waals surface area contributed by atoms with Gasteiger partial charge in [-0.3, -0.25) is 10.1 Å². The predicted molar refractivity (Wildman–Crippen MR) is 103 cm³/mol. The fourth-order valence-corrected chi connectivity index (χ4v) is 2.59. The Hall–Kier alpha value is -3.31. The van der Waals surface area contributed by atoms with Crippen LogP contribution in [-0.2, 0) is 11.4 Å². The lowest BCUT2D eigenvalue weighted by Crippen LogP contribution is -2.35. The Balaban J connectivity index is 2.29. The number of nitriles is 1. The van der Waals surface area contributed by atoms with E-state index in [0.29, 0.717) is 28.1 Å². The lowest BCUT2D eigenvalue weighted by molar-refractivity contribution is -0.115. The van der Waals surface area contributed by atoms with E-state index in [2.05, 4.69) is 15.9 Å². The van der Waals surface area contributed by atoms with Crippen LogP contribution in [0.5, 0.6) is 11.5 Å². The highest BCUT2D eigenvalue weighted by Crippen LogP contribution is 2.35. The van der Waals surface area contributed by atoms with Gasteiger partial charge in [0, 0.05) is 4.47 Å². The number of hydrogen-bond donors (Lipinski definition) is 2. The van der Waals surface area contributed by atoms with Gasteiger partial charge in [-0.1, -0.05) is 46.3 Å². The Labute approximate surface area is 164 Å². The highest BCUT2D eigenvalue weighted by atomic mass is 79.9. The van der Waals surface area contributed by atoms with Crippen LogP contribution in [0.2, 0.25) is 0 Å². The molecule has 0 unspecified atom stereocenters. The number of carbonyl (C=O) groups is 2. The van der Waals surface area contributed by atoms with Crippen LogP contribution in [0.25, 0.3) is 6.08 Å². The molecule has 0 aliphatic carbocycles. The van der Waals surface area contributed by atoms with Crippen LogP contribution in [0.15, 0.2) is 52.5 Å². The van der Waals surface area contributed by atoms with E-state index in [9.17, 15) is 9.59 Å². The molecule has 0 heterocycles. The molecule has 0 saturated carbocycles. The average Bonchev–Trinajstić information content (AvgIpc) is 2.65. The zero-order valence-electron chi connectivity index (χ0n) is 14.4. The molecule has 0 fully saturated rings. The van der Waals surface area contributed by atoms with Crippen molar-refractivity contribution < 1.29 is 19.1 Å². The molecule has 0 bridgehead atoms. The summed E-state index contributed by atoms with van der Waals surface area (Å²) >= 11 is 3.38. The van der Waals surface area contributed by atoms with Crippen molar-refractivity contribution in [1.29, 1.82) is 5.26 Å². The molecule has 0 atom stereocenters. The highest BCUT2D eigenvalue weighted by molar-refractivity contribution is 9.10. The molecule has 2 aromatic rings. The fourth-order valence-electron chi connectivity index (χ4n) is 2.15. The van der Waals surface area contributed by atoms with Crippen LogP contribution in [0, 0.1) is 11.3 Å². The molecule has 3 amide bonds. The van der Waals surface area contributed by atoms with Crippen molar-refractivity contribution in [3.8, 4) is 17.6 Å². The Morgan fingerprint density at radius 2 is 1.96 bits per heavy atom. The van der Waals surface area contributed by atoms with Crippen molar-refractivity contribution >= 4 is 33.9 Å². The van der Waals surface area contributed by atoms with Crippen molar-refractivity contribution in [1.82, 2.24) is 5.32 Å². The van der Waals surface area contributed by atoms with Crippen LogP contribution >= 0.6 is 15.9 Å². The predicted octanol–water partition coefficient (Wildman–Crippen LogP) is 3.14. The number of imide groups is 1. The van der Waals surface area contributed by atoms with Gasteiger partial charge in [0.1, 0.15) is 18.2 Å². The van der Waals surface area contributed by atoms with E-state index < -0.39 is 11.9 Å². The Morgan fingerprint density at radius 3 is 2.56 bits per heavy atom. The highest BCUT2D eigenvalue weighted by Gasteiger charge is 2.14. The van der Waals surface area contributed by atoms with Gasteiger partial charge in [0.05, 0.1) is 7.11 Å². The summed E-state index contributed by atoms with van der Waals surface area (Å²) in [6.45, 7) is 0.350. The SMILES string of the molecule is COc1cc(/C=C(/C#N)C(=O)NC(N)=O)c(Br)cc1OCc1ccccc1. The van der Waals surface area contributed by atoms with Crippen molar-refractivity contribution in [3.63, 3.8) is 0 Å². The lowest BCUT2D eigenvalue weighted by Gasteiger charge is -2.13. The molecule has 27 heavy (non-hydrogen) atoms. The Bertz CT molecular complexity index is 921. The molecule has 0 aliphatic heterocycles. The number of rotatable bonds is 6. The fraction of sp³-hybridized carbons (Fsp3) is 0.105. The number of hydrogen-bond acceptors (Lipinski definition) is 5. The molecular formula is C19H16BrN3O4. The van der Waals surface area contributed by atoms with E-state index in [0.717, 1.165) is 5.56 Å². The minimum absolute atomic E-state index is 0.283. The lowest BCUT2D eigenvalue weighted by atomic mass is 10.1. The third kappa shape index (κ3) is 5.59. The van der Waals surface area contributed by atoms with Gasteiger partial charge in [0.2, 0.25) is 0 Å². The Morgan fingerprint density at radius 1 is 1.26 bits per heavy atom.